The van der Waals surface area contributed by atoms with Crippen LogP contribution in [0.4, 0.5) is 5.69 Å². The molecule has 0 saturated carbocycles. The van der Waals surface area contributed by atoms with Gasteiger partial charge in [0, 0.05) is 17.8 Å². The normalized spacial score (nSPS) is 11.9. The summed E-state index contributed by atoms with van der Waals surface area (Å²) in [6.45, 7) is -0.607. The molecule has 1 unspecified atom stereocenters. The van der Waals surface area contributed by atoms with Crippen molar-refractivity contribution in [3.8, 4) is 0 Å². The molecule has 0 saturated heterocycles. The number of benzene rings is 1. The van der Waals surface area contributed by atoms with Gasteiger partial charge >= 0.3 is 5.97 Å². The minimum atomic E-state index is -1.19. The van der Waals surface area contributed by atoms with Crippen LogP contribution in [0.3, 0.4) is 0 Å². The van der Waals surface area contributed by atoms with Crippen LogP contribution in [0.15, 0.2) is 18.2 Å². The van der Waals surface area contributed by atoms with Crippen molar-refractivity contribution in [1.82, 2.24) is 5.32 Å². The van der Waals surface area contributed by atoms with Crippen LogP contribution in [0.5, 0.6) is 0 Å². The van der Waals surface area contributed by atoms with Crippen molar-refractivity contribution in [2.24, 2.45) is 0 Å². The van der Waals surface area contributed by atoms with Crippen LogP contribution in [0.2, 0.25) is 0 Å². The Balaban J connectivity index is 2.82. The quantitative estimate of drug-likeness (QED) is 0.430. The third kappa shape index (κ3) is 3.72. The molecule has 6 N–H and O–H groups in total. The third-order valence-electron chi connectivity index (χ3n) is 2.17. The smallest absolute Gasteiger partial charge is 0.335 e. The molecule has 0 heterocycles. The predicted molar refractivity (Wildman–Crippen MR) is 63.2 cm³/mol. The van der Waals surface area contributed by atoms with Crippen molar-refractivity contribution in [1.29, 1.82) is 0 Å². The number of carbonyl (C=O) groups excluding carboxylic acids is 1. The molecule has 0 aliphatic rings. The van der Waals surface area contributed by atoms with Gasteiger partial charge in [0.15, 0.2) is 0 Å². The van der Waals surface area contributed by atoms with Crippen LogP contribution in [-0.4, -0.2) is 46.5 Å². The molecule has 18 heavy (non-hydrogen) atoms. The first-order valence-corrected chi connectivity index (χ1v) is 5.15. The minimum Gasteiger partial charge on any atom is -0.478 e. The topological polar surface area (TPSA) is 133 Å². The van der Waals surface area contributed by atoms with E-state index in [1.807, 2.05) is 0 Å². The van der Waals surface area contributed by atoms with Crippen molar-refractivity contribution in [3.05, 3.63) is 29.3 Å². The van der Waals surface area contributed by atoms with E-state index in [4.69, 9.17) is 21.1 Å². The number of carbonyl (C=O) groups is 2. The number of hydrogen-bond acceptors (Lipinski definition) is 5. The number of aliphatic hydroxyl groups excluding tert-OH is 2. The van der Waals surface area contributed by atoms with E-state index in [1.54, 1.807) is 0 Å². The molecule has 0 fully saturated rings. The number of aromatic carboxylic acids is 1. The number of nitrogens with one attached hydrogen (secondary N) is 1. The first-order valence-electron chi connectivity index (χ1n) is 5.15. The average molecular weight is 254 g/mol. The zero-order chi connectivity index (χ0) is 13.7. The van der Waals surface area contributed by atoms with Crippen LogP contribution in [-0.2, 0) is 0 Å². The van der Waals surface area contributed by atoms with Crippen LogP contribution in [0.25, 0.3) is 0 Å². The van der Waals surface area contributed by atoms with Crippen molar-refractivity contribution in [3.63, 3.8) is 0 Å². The highest BCUT2D eigenvalue weighted by atomic mass is 16.4. The fourth-order valence-electron chi connectivity index (χ4n) is 1.28. The number of nitrogen functional groups attached to an aromatic ring is 1. The summed E-state index contributed by atoms with van der Waals surface area (Å²) in [6, 6.07) is 3.74. The van der Waals surface area contributed by atoms with E-state index in [1.165, 1.54) is 18.2 Å². The summed E-state index contributed by atoms with van der Waals surface area (Å²) in [7, 11) is 0. The number of amides is 1. The van der Waals surface area contributed by atoms with Crippen molar-refractivity contribution in [2.45, 2.75) is 6.10 Å². The number of carboxylic acid groups (broad SMARTS) is 1. The molecule has 98 valence electrons. The SMILES string of the molecule is Nc1cc(C(=O)O)cc(C(=O)NCC(O)CO)c1. The number of hydrogen-bond donors (Lipinski definition) is 5. The van der Waals surface area contributed by atoms with Gasteiger partial charge < -0.3 is 26.4 Å². The lowest BCUT2D eigenvalue weighted by Crippen LogP contribution is -2.34. The number of rotatable bonds is 5. The second kappa shape index (κ2) is 5.99. The predicted octanol–water partition coefficient (Wildman–Crippen LogP) is -0.950. The molecule has 0 radical (unpaired) electrons. The molecule has 0 spiro atoms. The molecule has 1 amide bonds. The molecule has 0 bridgehead atoms. The van der Waals surface area contributed by atoms with Crippen molar-refractivity contribution in [2.75, 3.05) is 18.9 Å². The van der Waals surface area contributed by atoms with E-state index >= 15 is 0 Å². The monoisotopic (exact) mass is 254 g/mol. The van der Waals surface area contributed by atoms with Gasteiger partial charge in [0.25, 0.3) is 5.91 Å². The third-order valence-corrected chi connectivity index (χ3v) is 2.17. The van der Waals surface area contributed by atoms with Gasteiger partial charge in [-0.25, -0.2) is 4.79 Å². The van der Waals surface area contributed by atoms with Crippen LogP contribution in [0.1, 0.15) is 20.7 Å². The zero-order valence-corrected chi connectivity index (χ0v) is 9.46. The van der Waals surface area contributed by atoms with E-state index in [2.05, 4.69) is 5.32 Å². The summed E-state index contributed by atoms with van der Waals surface area (Å²) >= 11 is 0. The van der Waals surface area contributed by atoms with Gasteiger partial charge in [-0.3, -0.25) is 4.79 Å². The zero-order valence-electron chi connectivity index (χ0n) is 9.46. The standard InChI is InChI=1S/C11H14N2O5/c12-8-2-6(1-7(3-8)11(17)18)10(16)13-4-9(15)5-14/h1-3,9,14-15H,4-5,12H2,(H,13,16)(H,17,18). The second-order valence-electron chi connectivity index (χ2n) is 3.70. The highest BCUT2D eigenvalue weighted by molar-refractivity contribution is 5.98. The van der Waals surface area contributed by atoms with Crippen molar-refractivity contribution >= 4 is 17.6 Å². The van der Waals surface area contributed by atoms with Crippen LogP contribution in [0, 0.1) is 0 Å². The molecule has 1 aromatic carbocycles. The number of nitrogens with two attached hydrogens (primary N) is 1. The first kappa shape index (κ1) is 13.9. The molecular weight excluding hydrogens is 240 g/mol. The van der Waals surface area contributed by atoms with Gasteiger partial charge in [-0.05, 0) is 18.2 Å². The van der Waals surface area contributed by atoms with Gasteiger partial charge in [-0.1, -0.05) is 0 Å². The number of anilines is 1. The molecule has 0 aliphatic carbocycles. The molecular formula is C11H14N2O5. The fourth-order valence-corrected chi connectivity index (χ4v) is 1.28. The van der Waals surface area contributed by atoms with E-state index in [0.717, 1.165) is 0 Å². The van der Waals surface area contributed by atoms with E-state index in [-0.39, 0.29) is 23.4 Å². The molecule has 7 heteroatoms. The van der Waals surface area contributed by atoms with E-state index in [9.17, 15) is 9.59 Å². The molecule has 7 nitrogen and oxygen atoms in total. The molecule has 1 atom stereocenters. The van der Waals surface area contributed by atoms with Gasteiger partial charge in [0.05, 0.1) is 18.3 Å². The van der Waals surface area contributed by atoms with Gasteiger partial charge in [0.1, 0.15) is 0 Å². The lowest BCUT2D eigenvalue weighted by Gasteiger charge is -2.09. The maximum Gasteiger partial charge on any atom is 0.335 e. The minimum absolute atomic E-state index is 0.0811. The Labute approximate surface area is 103 Å². The summed E-state index contributed by atoms with van der Waals surface area (Å²) in [4.78, 5) is 22.4. The molecule has 0 aliphatic heterocycles. The average Bonchev–Trinajstić information content (AvgIpc) is 2.34. The Morgan fingerprint density at radius 3 is 2.44 bits per heavy atom. The highest BCUT2D eigenvalue weighted by Crippen LogP contribution is 2.12. The summed E-state index contributed by atoms with van der Waals surface area (Å²) in [5.41, 5.74) is 5.63. The Morgan fingerprint density at radius 1 is 1.28 bits per heavy atom. The van der Waals surface area contributed by atoms with Gasteiger partial charge in [0.2, 0.25) is 0 Å². The van der Waals surface area contributed by atoms with Gasteiger partial charge in [-0.2, -0.15) is 0 Å². The first-order chi connectivity index (χ1) is 8.43. The maximum atomic E-state index is 11.6. The van der Waals surface area contributed by atoms with E-state index in [0.29, 0.717) is 0 Å². The van der Waals surface area contributed by atoms with E-state index < -0.39 is 24.6 Å². The van der Waals surface area contributed by atoms with Gasteiger partial charge in [-0.15, -0.1) is 0 Å². The highest BCUT2D eigenvalue weighted by Gasteiger charge is 2.12. The van der Waals surface area contributed by atoms with Crippen molar-refractivity contribution < 1.29 is 24.9 Å². The number of aliphatic hydroxyl groups is 2. The summed E-state index contributed by atoms with van der Waals surface area (Å²) < 4.78 is 0. The Morgan fingerprint density at radius 2 is 1.89 bits per heavy atom. The largest absolute Gasteiger partial charge is 0.478 e. The Bertz CT molecular complexity index is 461. The lowest BCUT2D eigenvalue weighted by atomic mass is 10.1. The maximum absolute atomic E-state index is 11.6. The summed E-state index contributed by atoms with van der Waals surface area (Å²) in [5, 5.41) is 28.8. The second-order valence-corrected chi connectivity index (χ2v) is 3.70. The summed E-state index contributed by atoms with van der Waals surface area (Å²) in [5.74, 6) is -1.76. The molecule has 1 rings (SSSR count). The number of carboxylic acids is 1. The lowest BCUT2D eigenvalue weighted by molar-refractivity contribution is 0.0697. The fraction of sp³-hybridized carbons (Fsp3) is 0.273. The molecule has 1 aromatic rings. The van der Waals surface area contributed by atoms with Crippen LogP contribution >= 0.6 is 0 Å². The Kier molecular flexibility index (Phi) is 4.64. The molecule has 0 aromatic heterocycles. The van der Waals surface area contributed by atoms with Crippen LogP contribution < -0.4 is 11.1 Å². The Hall–Kier alpha value is -2.12. The summed E-state index contributed by atoms with van der Waals surface area (Å²) in [6.07, 6.45) is -1.06.